The lowest BCUT2D eigenvalue weighted by Crippen LogP contribution is -2.51. The van der Waals surface area contributed by atoms with Crippen LogP contribution in [0.4, 0.5) is 0 Å². The van der Waals surface area contributed by atoms with E-state index >= 15 is 0 Å². The summed E-state index contributed by atoms with van der Waals surface area (Å²) < 4.78 is 0. The summed E-state index contributed by atoms with van der Waals surface area (Å²) in [6.45, 7) is 4.23. The molecule has 2 atom stereocenters. The van der Waals surface area contributed by atoms with Gasteiger partial charge in [-0.2, -0.15) is 0 Å². The van der Waals surface area contributed by atoms with Crippen LogP contribution in [-0.2, 0) is 6.54 Å². The van der Waals surface area contributed by atoms with Crippen LogP contribution in [0.2, 0.25) is 0 Å². The van der Waals surface area contributed by atoms with Gasteiger partial charge in [-0.25, -0.2) is 0 Å². The fraction of sp³-hybridized carbons (Fsp3) is 0.667. The number of hydrogen-bond donors (Lipinski definition) is 1. The van der Waals surface area contributed by atoms with E-state index in [4.69, 9.17) is 5.73 Å². The third-order valence-electron chi connectivity index (χ3n) is 3.89. The molecule has 2 rings (SSSR count). The summed E-state index contributed by atoms with van der Waals surface area (Å²) in [6.07, 6.45) is 8.68. The molecule has 1 heterocycles. The minimum absolute atomic E-state index is 0.00856. The molecule has 2 unspecified atom stereocenters. The molecule has 1 saturated carbocycles. The lowest BCUT2D eigenvalue weighted by Gasteiger charge is -2.39. The minimum atomic E-state index is 0.00856. The first-order chi connectivity index (χ1) is 8.57. The van der Waals surface area contributed by atoms with Crippen LogP contribution >= 0.6 is 0 Å². The molecular weight excluding hydrogens is 222 g/mol. The monoisotopic (exact) mass is 247 g/mol. The quantitative estimate of drug-likeness (QED) is 0.888. The van der Waals surface area contributed by atoms with Gasteiger partial charge in [-0.1, -0.05) is 25.8 Å². The third kappa shape index (κ3) is 3.79. The van der Waals surface area contributed by atoms with Gasteiger partial charge in [0.2, 0.25) is 0 Å². The van der Waals surface area contributed by atoms with Crippen molar-refractivity contribution < 1.29 is 0 Å². The smallest absolute Gasteiger partial charge is 0.0312 e. The molecule has 2 N–H and O–H groups in total. The summed E-state index contributed by atoms with van der Waals surface area (Å²) in [4.78, 5) is 6.48. The molecule has 1 fully saturated rings. The van der Waals surface area contributed by atoms with E-state index in [1.807, 2.05) is 18.5 Å². The third-order valence-corrected chi connectivity index (χ3v) is 3.89. The van der Waals surface area contributed by atoms with Gasteiger partial charge in [-0.3, -0.25) is 4.98 Å². The van der Waals surface area contributed by atoms with Gasteiger partial charge < -0.3 is 10.6 Å². The topological polar surface area (TPSA) is 42.1 Å². The van der Waals surface area contributed by atoms with Crippen molar-refractivity contribution in [2.45, 2.75) is 44.7 Å². The predicted molar refractivity (Wildman–Crippen MR) is 75.1 cm³/mol. The van der Waals surface area contributed by atoms with Crippen LogP contribution in [0.25, 0.3) is 0 Å². The van der Waals surface area contributed by atoms with Crippen molar-refractivity contribution in [3.8, 4) is 0 Å². The van der Waals surface area contributed by atoms with E-state index in [1.165, 1.54) is 18.4 Å². The zero-order valence-corrected chi connectivity index (χ0v) is 11.6. The summed E-state index contributed by atoms with van der Waals surface area (Å²) >= 11 is 0. The van der Waals surface area contributed by atoms with Crippen LogP contribution in [-0.4, -0.2) is 29.0 Å². The molecule has 100 valence electrons. The molecule has 18 heavy (non-hydrogen) atoms. The van der Waals surface area contributed by atoms with E-state index in [0.717, 1.165) is 31.8 Å². The molecule has 3 nitrogen and oxygen atoms in total. The number of hydrogen-bond acceptors (Lipinski definition) is 3. The van der Waals surface area contributed by atoms with Crippen molar-refractivity contribution >= 4 is 0 Å². The Hall–Kier alpha value is -0.930. The second-order valence-corrected chi connectivity index (χ2v) is 6.10. The Balaban J connectivity index is 1.88. The van der Waals surface area contributed by atoms with Gasteiger partial charge in [-0.05, 0) is 37.4 Å². The van der Waals surface area contributed by atoms with E-state index < -0.39 is 0 Å². The summed E-state index contributed by atoms with van der Waals surface area (Å²) in [6, 6.07) is 4.11. The molecule has 1 aromatic heterocycles. The van der Waals surface area contributed by atoms with E-state index in [9.17, 15) is 0 Å². The average molecular weight is 247 g/mol. The van der Waals surface area contributed by atoms with Gasteiger partial charge >= 0.3 is 0 Å². The molecule has 0 bridgehead atoms. The average Bonchev–Trinajstić information content (AvgIpc) is 2.28. The van der Waals surface area contributed by atoms with E-state index in [2.05, 4.69) is 29.9 Å². The minimum Gasteiger partial charge on any atom is -0.324 e. The Morgan fingerprint density at radius 3 is 3.06 bits per heavy atom. The van der Waals surface area contributed by atoms with Gasteiger partial charge in [0.25, 0.3) is 0 Å². The predicted octanol–water partition coefficient (Wildman–Crippen LogP) is 2.42. The number of nitrogens with two attached hydrogens (primary N) is 1. The Labute approximate surface area is 110 Å². The second kappa shape index (κ2) is 5.81. The zero-order chi connectivity index (χ0) is 13.0. The normalized spacial score (nSPS) is 28.6. The number of nitrogens with zero attached hydrogens (tertiary/aromatic N) is 2. The van der Waals surface area contributed by atoms with Crippen LogP contribution < -0.4 is 5.73 Å². The first-order valence-electron chi connectivity index (χ1n) is 6.94. The van der Waals surface area contributed by atoms with Crippen LogP contribution in [0.1, 0.15) is 38.2 Å². The molecular formula is C15H25N3. The molecule has 1 aliphatic rings. The Morgan fingerprint density at radius 1 is 1.56 bits per heavy atom. The van der Waals surface area contributed by atoms with Crippen molar-refractivity contribution in [2.24, 2.45) is 11.7 Å². The highest BCUT2D eigenvalue weighted by atomic mass is 15.1. The Morgan fingerprint density at radius 2 is 2.39 bits per heavy atom. The second-order valence-electron chi connectivity index (χ2n) is 6.10. The standard InChI is InChI=1S/C15H25N3/c1-13-5-3-7-15(16,9-13)12-18(2)11-14-6-4-8-17-10-14/h4,6,8,10,13H,3,5,7,9,11-12,16H2,1-2H3. The van der Waals surface area contributed by atoms with Gasteiger partial charge in [0.15, 0.2) is 0 Å². The highest BCUT2D eigenvalue weighted by Crippen LogP contribution is 2.30. The van der Waals surface area contributed by atoms with Crippen molar-refractivity contribution in [1.29, 1.82) is 0 Å². The summed E-state index contributed by atoms with van der Waals surface area (Å²) in [5, 5.41) is 0. The lowest BCUT2D eigenvalue weighted by molar-refractivity contribution is 0.165. The number of likely N-dealkylation sites (N-methyl/N-ethyl adjacent to an activating group) is 1. The highest BCUT2D eigenvalue weighted by Gasteiger charge is 2.31. The van der Waals surface area contributed by atoms with Gasteiger partial charge in [0.1, 0.15) is 0 Å². The maximum Gasteiger partial charge on any atom is 0.0312 e. The Kier molecular flexibility index (Phi) is 4.36. The molecule has 1 aliphatic carbocycles. The molecule has 0 aliphatic heterocycles. The van der Waals surface area contributed by atoms with Crippen LogP contribution in [0.5, 0.6) is 0 Å². The van der Waals surface area contributed by atoms with E-state index in [0.29, 0.717) is 0 Å². The first-order valence-corrected chi connectivity index (χ1v) is 6.94. The Bertz CT molecular complexity index is 365. The van der Waals surface area contributed by atoms with Crippen LogP contribution in [0.15, 0.2) is 24.5 Å². The van der Waals surface area contributed by atoms with E-state index in [1.54, 1.807) is 0 Å². The van der Waals surface area contributed by atoms with E-state index in [-0.39, 0.29) is 5.54 Å². The zero-order valence-electron chi connectivity index (χ0n) is 11.6. The van der Waals surface area contributed by atoms with Gasteiger partial charge in [-0.15, -0.1) is 0 Å². The molecule has 0 aromatic carbocycles. The highest BCUT2D eigenvalue weighted by molar-refractivity contribution is 5.08. The van der Waals surface area contributed by atoms with Crippen molar-refractivity contribution in [2.75, 3.05) is 13.6 Å². The summed E-state index contributed by atoms with van der Waals surface area (Å²) in [5.74, 6) is 0.774. The number of rotatable bonds is 4. The molecule has 1 aromatic rings. The van der Waals surface area contributed by atoms with Crippen molar-refractivity contribution in [3.63, 3.8) is 0 Å². The summed E-state index contributed by atoms with van der Waals surface area (Å²) in [5.41, 5.74) is 7.81. The van der Waals surface area contributed by atoms with Gasteiger partial charge in [0, 0.05) is 31.0 Å². The maximum atomic E-state index is 6.55. The van der Waals surface area contributed by atoms with Gasteiger partial charge in [0.05, 0.1) is 0 Å². The SMILES string of the molecule is CC1CCCC(N)(CN(C)Cc2cccnc2)C1. The molecule has 3 heteroatoms. The van der Waals surface area contributed by atoms with Crippen LogP contribution in [0, 0.1) is 5.92 Å². The van der Waals surface area contributed by atoms with Crippen LogP contribution in [0.3, 0.4) is 0 Å². The number of aromatic nitrogens is 1. The largest absolute Gasteiger partial charge is 0.324 e. The molecule has 0 radical (unpaired) electrons. The fourth-order valence-electron chi connectivity index (χ4n) is 3.24. The maximum absolute atomic E-state index is 6.55. The van der Waals surface area contributed by atoms with Crippen molar-refractivity contribution in [1.82, 2.24) is 9.88 Å². The molecule has 0 saturated heterocycles. The first kappa shape index (κ1) is 13.5. The lowest BCUT2D eigenvalue weighted by atomic mass is 9.77. The summed E-state index contributed by atoms with van der Waals surface area (Å²) in [7, 11) is 2.15. The van der Waals surface area contributed by atoms with Crippen molar-refractivity contribution in [3.05, 3.63) is 30.1 Å². The fourth-order valence-corrected chi connectivity index (χ4v) is 3.24. The molecule has 0 amide bonds. The number of pyridine rings is 1. The molecule has 0 spiro atoms.